The van der Waals surface area contributed by atoms with E-state index in [1.165, 1.54) is 5.56 Å². The van der Waals surface area contributed by atoms with Crippen molar-refractivity contribution in [3.63, 3.8) is 0 Å². The van der Waals surface area contributed by atoms with E-state index >= 15 is 0 Å². The normalized spacial score (nSPS) is 21.9. The lowest BCUT2D eigenvalue weighted by Gasteiger charge is -2.13. The molecule has 0 aromatic heterocycles. The Morgan fingerprint density at radius 1 is 1.33 bits per heavy atom. The Bertz CT molecular complexity index is 552. The minimum Gasteiger partial charge on any atom is -0.463 e. The number of carbonyl (C=O) groups is 1. The van der Waals surface area contributed by atoms with E-state index in [-0.39, 0.29) is 11.9 Å². The standard InChI is InChI=1S/C19H22O2/c1-3-21-19(20)18-11-7-8-15(2)17(14-18)13-12-16-9-5-4-6-10-16/h4-10,12-15,17H,3,11H2,1-2H3/b13-12+/t15-,17+/m1/s1. The first kappa shape index (κ1) is 15.3. The van der Waals surface area contributed by atoms with Gasteiger partial charge in [-0.15, -0.1) is 0 Å². The highest BCUT2D eigenvalue weighted by molar-refractivity contribution is 5.89. The predicted molar refractivity (Wildman–Crippen MR) is 86.6 cm³/mol. The molecule has 0 unspecified atom stereocenters. The molecule has 21 heavy (non-hydrogen) atoms. The fraction of sp³-hybridized carbons (Fsp3) is 0.316. The lowest BCUT2D eigenvalue weighted by molar-refractivity contribution is -0.138. The summed E-state index contributed by atoms with van der Waals surface area (Å²) in [6, 6.07) is 10.2. The molecule has 0 bridgehead atoms. The summed E-state index contributed by atoms with van der Waals surface area (Å²) in [5.74, 6) is 0.384. The predicted octanol–water partition coefficient (Wildman–Crippen LogP) is 4.40. The van der Waals surface area contributed by atoms with Crippen molar-refractivity contribution >= 4 is 12.0 Å². The van der Waals surface area contributed by atoms with Crippen LogP contribution in [0.15, 0.2) is 60.2 Å². The highest BCUT2D eigenvalue weighted by Crippen LogP contribution is 2.25. The second kappa shape index (κ2) is 7.63. The molecule has 110 valence electrons. The lowest BCUT2D eigenvalue weighted by Crippen LogP contribution is -2.09. The van der Waals surface area contributed by atoms with Crippen LogP contribution in [0.3, 0.4) is 0 Å². The van der Waals surface area contributed by atoms with Crippen molar-refractivity contribution in [1.29, 1.82) is 0 Å². The number of esters is 1. The van der Waals surface area contributed by atoms with Gasteiger partial charge in [-0.1, -0.05) is 67.6 Å². The topological polar surface area (TPSA) is 26.3 Å². The third kappa shape index (κ3) is 4.45. The summed E-state index contributed by atoms with van der Waals surface area (Å²) in [4.78, 5) is 11.9. The molecule has 0 saturated carbocycles. The van der Waals surface area contributed by atoms with Crippen LogP contribution in [0.25, 0.3) is 6.08 Å². The number of hydrogen-bond acceptors (Lipinski definition) is 2. The van der Waals surface area contributed by atoms with E-state index in [1.54, 1.807) is 0 Å². The summed E-state index contributed by atoms with van der Waals surface area (Å²) in [5.41, 5.74) is 1.92. The van der Waals surface area contributed by atoms with Crippen LogP contribution in [-0.4, -0.2) is 12.6 Å². The van der Waals surface area contributed by atoms with Crippen LogP contribution in [0.4, 0.5) is 0 Å². The lowest BCUT2D eigenvalue weighted by atomic mass is 9.92. The number of ether oxygens (including phenoxy) is 1. The largest absolute Gasteiger partial charge is 0.463 e. The number of rotatable bonds is 4. The van der Waals surface area contributed by atoms with Crippen LogP contribution in [-0.2, 0) is 9.53 Å². The van der Waals surface area contributed by atoms with Gasteiger partial charge in [-0.3, -0.25) is 0 Å². The van der Waals surface area contributed by atoms with Gasteiger partial charge in [-0.25, -0.2) is 4.79 Å². The van der Waals surface area contributed by atoms with Crippen LogP contribution >= 0.6 is 0 Å². The Morgan fingerprint density at radius 2 is 2.10 bits per heavy atom. The fourth-order valence-electron chi connectivity index (χ4n) is 2.38. The summed E-state index contributed by atoms with van der Waals surface area (Å²) in [6.45, 7) is 4.42. The zero-order chi connectivity index (χ0) is 15.1. The first-order chi connectivity index (χ1) is 10.2. The first-order valence-electron chi connectivity index (χ1n) is 7.48. The average Bonchev–Trinajstić information content (AvgIpc) is 2.68. The Morgan fingerprint density at radius 3 is 2.81 bits per heavy atom. The van der Waals surface area contributed by atoms with Crippen LogP contribution in [0.1, 0.15) is 25.8 Å². The zero-order valence-electron chi connectivity index (χ0n) is 12.7. The second-order valence-electron chi connectivity index (χ2n) is 5.25. The monoisotopic (exact) mass is 282 g/mol. The zero-order valence-corrected chi connectivity index (χ0v) is 12.7. The Balaban J connectivity index is 2.18. The molecule has 0 spiro atoms. The van der Waals surface area contributed by atoms with E-state index in [9.17, 15) is 4.79 Å². The van der Waals surface area contributed by atoms with Gasteiger partial charge < -0.3 is 4.74 Å². The van der Waals surface area contributed by atoms with Crippen molar-refractivity contribution in [3.05, 3.63) is 65.8 Å². The number of carbonyl (C=O) groups excluding carboxylic acids is 1. The van der Waals surface area contributed by atoms with Crippen LogP contribution in [0, 0.1) is 11.8 Å². The van der Waals surface area contributed by atoms with Crippen molar-refractivity contribution in [2.75, 3.05) is 6.61 Å². The van der Waals surface area contributed by atoms with Gasteiger partial charge in [0.15, 0.2) is 0 Å². The van der Waals surface area contributed by atoms with Gasteiger partial charge >= 0.3 is 5.97 Å². The SMILES string of the molecule is CCOC(=O)C1=C[C@H](/C=C/c2ccccc2)[C@H](C)C=CC1. The van der Waals surface area contributed by atoms with Crippen LogP contribution in [0.2, 0.25) is 0 Å². The molecule has 1 aromatic carbocycles. The van der Waals surface area contributed by atoms with Gasteiger partial charge in [0.2, 0.25) is 0 Å². The summed E-state index contributed by atoms with van der Waals surface area (Å²) in [6.07, 6.45) is 11.2. The van der Waals surface area contributed by atoms with Crippen molar-refractivity contribution in [3.8, 4) is 0 Å². The molecule has 2 heteroatoms. The molecule has 0 amide bonds. The van der Waals surface area contributed by atoms with Gasteiger partial charge in [0.1, 0.15) is 0 Å². The fourth-order valence-corrected chi connectivity index (χ4v) is 2.38. The third-order valence-electron chi connectivity index (χ3n) is 3.63. The molecular weight excluding hydrogens is 260 g/mol. The quantitative estimate of drug-likeness (QED) is 0.604. The van der Waals surface area contributed by atoms with E-state index in [2.05, 4.69) is 43.4 Å². The number of benzene rings is 1. The molecule has 0 heterocycles. The van der Waals surface area contributed by atoms with E-state index < -0.39 is 0 Å². The number of hydrogen-bond donors (Lipinski definition) is 0. The maximum Gasteiger partial charge on any atom is 0.334 e. The summed E-state index contributed by atoms with van der Waals surface area (Å²) in [5, 5.41) is 0. The average molecular weight is 282 g/mol. The molecule has 0 fully saturated rings. The molecule has 2 nitrogen and oxygen atoms in total. The summed E-state index contributed by atoms with van der Waals surface area (Å²) in [7, 11) is 0. The first-order valence-corrected chi connectivity index (χ1v) is 7.48. The van der Waals surface area contributed by atoms with Crippen molar-refractivity contribution in [2.24, 2.45) is 11.8 Å². The highest BCUT2D eigenvalue weighted by atomic mass is 16.5. The molecule has 0 N–H and O–H groups in total. The molecule has 0 radical (unpaired) electrons. The maximum atomic E-state index is 11.9. The molecule has 0 aliphatic heterocycles. The van der Waals surface area contributed by atoms with Crippen LogP contribution in [0.5, 0.6) is 0 Å². The second-order valence-corrected chi connectivity index (χ2v) is 5.25. The van der Waals surface area contributed by atoms with Gasteiger partial charge in [0.05, 0.1) is 6.61 Å². The summed E-state index contributed by atoms with van der Waals surface area (Å²) < 4.78 is 5.12. The van der Waals surface area contributed by atoms with Crippen LogP contribution < -0.4 is 0 Å². The smallest absolute Gasteiger partial charge is 0.334 e. The molecule has 2 rings (SSSR count). The maximum absolute atomic E-state index is 11.9. The molecule has 2 atom stereocenters. The Hall–Kier alpha value is -2.09. The van der Waals surface area contributed by atoms with E-state index in [1.807, 2.05) is 31.2 Å². The van der Waals surface area contributed by atoms with Gasteiger partial charge in [0, 0.05) is 11.5 Å². The van der Waals surface area contributed by atoms with Crippen molar-refractivity contribution < 1.29 is 9.53 Å². The Kier molecular flexibility index (Phi) is 5.56. The van der Waals surface area contributed by atoms with Gasteiger partial charge in [-0.2, -0.15) is 0 Å². The Labute approximate surface area is 126 Å². The van der Waals surface area contributed by atoms with E-state index in [0.29, 0.717) is 18.9 Å². The molecule has 0 saturated heterocycles. The summed E-state index contributed by atoms with van der Waals surface area (Å²) >= 11 is 0. The van der Waals surface area contributed by atoms with Gasteiger partial charge in [-0.05, 0) is 24.8 Å². The van der Waals surface area contributed by atoms with E-state index in [0.717, 1.165) is 5.57 Å². The molecule has 1 aromatic rings. The highest BCUT2D eigenvalue weighted by Gasteiger charge is 2.17. The molecular formula is C19H22O2. The number of allylic oxidation sites excluding steroid dienone is 4. The van der Waals surface area contributed by atoms with Gasteiger partial charge in [0.25, 0.3) is 0 Å². The van der Waals surface area contributed by atoms with E-state index in [4.69, 9.17) is 4.74 Å². The third-order valence-corrected chi connectivity index (χ3v) is 3.63. The minimum atomic E-state index is -0.200. The minimum absolute atomic E-state index is 0.200. The molecule has 1 aliphatic carbocycles. The van der Waals surface area contributed by atoms with Crippen molar-refractivity contribution in [1.82, 2.24) is 0 Å². The van der Waals surface area contributed by atoms with Crippen molar-refractivity contribution in [2.45, 2.75) is 20.3 Å². The molecule has 1 aliphatic rings.